The van der Waals surface area contributed by atoms with Gasteiger partial charge in [0.2, 0.25) is 5.89 Å². The molecular formula is C14H25NO2. The zero-order chi connectivity index (χ0) is 12.9. The van der Waals surface area contributed by atoms with Crippen molar-refractivity contribution in [2.75, 3.05) is 7.11 Å². The van der Waals surface area contributed by atoms with Gasteiger partial charge in [-0.3, -0.25) is 0 Å². The summed E-state index contributed by atoms with van der Waals surface area (Å²) in [5, 5.41) is 0. The van der Waals surface area contributed by atoms with Crippen LogP contribution >= 0.6 is 0 Å². The van der Waals surface area contributed by atoms with Crippen molar-refractivity contribution in [1.82, 2.24) is 4.98 Å². The zero-order valence-corrected chi connectivity index (χ0v) is 11.7. The van der Waals surface area contributed by atoms with Crippen LogP contribution in [0.4, 0.5) is 0 Å². The van der Waals surface area contributed by atoms with Gasteiger partial charge in [0.05, 0.1) is 6.20 Å². The van der Waals surface area contributed by atoms with E-state index < -0.39 is 0 Å². The van der Waals surface area contributed by atoms with E-state index in [9.17, 15) is 0 Å². The quantitative estimate of drug-likeness (QED) is 0.721. The average Bonchev–Trinajstić information content (AvgIpc) is 2.77. The Morgan fingerprint density at radius 2 is 2.06 bits per heavy atom. The first kappa shape index (κ1) is 14.2. The normalized spacial score (nSPS) is 15.5. The first-order chi connectivity index (χ1) is 8.03. The third-order valence-electron chi connectivity index (χ3n) is 3.42. The standard InChI is InChI=1S/C14H25NO2/c1-11(2)7-6-8-14(16-5,12(3)4)13-15-9-10-17-13/h9-12H,6-8H2,1-5H3. The summed E-state index contributed by atoms with van der Waals surface area (Å²) in [4.78, 5) is 4.29. The first-order valence-corrected chi connectivity index (χ1v) is 6.48. The van der Waals surface area contributed by atoms with Gasteiger partial charge in [-0.1, -0.05) is 34.1 Å². The summed E-state index contributed by atoms with van der Waals surface area (Å²) in [5.41, 5.74) is -0.377. The lowest BCUT2D eigenvalue weighted by molar-refractivity contribution is -0.0818. The van der Waals surface area contributed by atoms with E-state index in [1.165, 1.54) is 6.42 Å². The SMILES string of the molecule is COC(CCCC(C)C)(c1ncco1)C(C)C. The molecule has 0 aliphatic carbocycles. The molecule has 0 aromatic carbocycles. The van der Waals surface area contributed by atoms with Gasteiger partial charge < -0.3 is 9.15 Å². The lowest BCUT2D eigenvalue weighted by atomic mass is 9.84. The molecule has 1 aromatic rings. The van der Waals surface area contributed by atoms with Gasteiger partial charge in [0.15, 0.2) is 0 Å². The third kappa shape index (κ3) is 3.32. The van der Waals surface area contributed by atoms with E-state index in [2.05, 4.69) is 32.7 Å². The maximum Gasteiger partial charge on any atom is 0.226 e. The van der Waals surface area contributed by atoms with Gasteiger partial charge in [0, 0.05) is 7.11 Å². The predicted molar refractivity (Wildman–Crippen MR) is 68.7 cm³/mol. The van der Waals surface area contributed by atoms with Crippen LogP contribution < -0.4 is 0 Å². The average molecular weight is 239 g/mol. The molecule has 0 aliphatic heterocycles. The molecule has 1 unspecified atom stereocenters. The molecule has 0 radical (unpaired) electrons. The highest BCUT2D eigenvalue weighted by atomic mass is 16.5. The molecule has 98 valence electrons. The fourth-order valence-corrected chi connectivity index (χ4v) is 2.27. The smallest absolute Gasteiger partial charge is 0.226 e. The van der Waals surface area contributed by atoms with Crippen LogP contribution in [0.3, 0.4) is 0 Å². The highest BCUT2D eigenvalue weighted by Crippen LogP contribution is 2.37. The van der Waals surface area contributed by atoms with E-state index >= 15 is 0 Å². The fraction of sp³-hybridized carbons (Fsp3) is 0.786. The van der Waals surface area contributed by atoms with Crippen molar-refractivity contribution in [3.05, 3.63) is 18.4 Å². The summed E-state index contributed by atoms with van der Waals surface area (Å²) in [6.07, 6.45) is 6.60. The molecule has 0 saturated heterocycles. The van der Waals surface area contributed by atoms with Crippen molar-refractivity contribution in [3.63, 3.8) is 0 Å². The van der Waals surface area contributed by atoms with Gasteiger partial charge in [-0.15, -0.1) is 0 Å². The van der Waals surface area contributed by atoms with Crippen LogP contribution in [0.25, 0.3) is 0 Å². The summed E-state index contributed by atoms with van der Waals surface area (Å²) in [6, 6.07) is 0. The molecule has 0 aliphatic rings. The van der Waals surface area contributed by atoms with E-state index in [1.807, 2.05) is 0 Å². The second-order valence-electron chi connectivity index (χ2n) is 5.37. The van der Waals surface area contributed by atoms with Crippen molar-refractivity contribution in [1.29, 1.82) is 0 Å². The van der Waals surface area contributed by atoms with Crippen LogP contribution in [-0.4, -0.2) is 12.1 Å². The number of aromatic nitrogens is 1. The molecule has 0 bridgehead atoms. The number of methoxy groups -OCH3 is 1. The van der Waals surface area contributed by atoms with Gasteiger partial charge in [-0.25, -0.2) is 4.98 Å². The molecule has 0 saturated carbocycles. The number of hydrogen-bond donors (Lipinski definition) is 0. The number of rotatable bonds is 7. The number of oxazole rings is 1. The molecule has 0 N–H and O–H groups in total. The van der Waals surface area contributed by atoms with E-state index in [0.29, 0.717) is 11.8 Å². The third-order valence-corrected chi connectivity index (χ3v) is 3.42. The van der Waals surface area contributed by atoms with E-state index in [-0.39, 0.29) is 5.60 Å². The number of ether oxygens (including phenoxy) is 1. The zero-order valence-electron chi connectivity index (χ0n) is 11.7. The Bertz CT molecular complexity index is 306. The molecule has 0 amide bonds. The molecule has 0 fully saturated rings. The fourth-order valence-electron chi connectivity index (χ4n) is 2.27. The number of hydrogen-bond acceptors (Lipinski definition) is 3. The Morgan fingerprint density at radius 3 is 2.47 bits per heavy atom. The lowest BCUT2D eigenvalue weighted by Gasteiger charge is -2.33. The van der Waals surface area contributed by atoms with Crippen LogP contribution in [0.15, 0.2) is 16.9 Å². The maximum atomic E-state index is 5.77. The minimum absolute atomic E-state index is 0.346. The van der Waals surface area contributed by atoms with Gasteiger partial charge in [-0.2, -0.15) is 0 Å². The largest absolute Gasteiger partial charge is 0.446 e. The molecule has 3 nitrogen and oxygen atoms in total. The van der Waals surface area contributed by atoms with Crippen molar-refractivity contribution in [2.45, 2.75) is 52.6 Å². The molecular weight excluding hydrogens is 214 g/mol. The van der Waals surface area contributed by atoms with Gasteiger partial charge in [0.1, 0.15) is 11.9 Å². The lowest BCUT2D eigenvalue weighted by Crippen LogP contribution is -2.35. The van der Waals surface area contributed by atoms with Crippen molar-refractivity contribution in [2.24, 2.45) is 11.8 Å². The van der Waals surface area contributed by atoms with E-state index in [1.54, 1.807) is 19.6 Å². The molecule has 1 heterocycles. The molecule has 1 aromatic heterocycles. The van der Waals surface area contributed by atoms with E-state index in [4.69, 9.17) is 9.15 Å². The molecule has 0 spiro atoms. The predicted octanol–water partition coefficient (Wildman–Crippen LogP) is 4.00. The van der Waals surface area contributed by atoms with Crippen molar-refractivity contribution < 1.29 is 9.15 Å². The summed E-state index contributed by atoms with van der Waals surface area (Å²) in [5.74, 6) is 1.78. The Labute approximate surface area is 105 Å². The van der Waals surface area contributed by atoms with E-state index in [0.717, 1.165) is 18.8 Å². The Kier molecular flexibility index (Phi) is 5.19. The summed E-state index contributed by atoms with van der Waals surface area (Å²) >= 11 is 0. The van der Waals surface area contributed by atoms with Crippen LogP contribution in [0.5, 0.6) is 0 Å². The summed E-state index contributed by atoms with van der Waals surface area (Å²) < 4.78 is 11.2. The highest BCUT2D eigenvalue weighted by Gasteiger charge is 2.39. The molecule has 17 heavy (non-hydrogen) atoms. The summed E-state index contributed by atoms with van der Waals surface area (Å²) in [7, 11) is 1.75. The molecule has 3 heteroatoms. The molecule has 1 rings (SSSR count). The van der Waals surface area contributed by atoms with Gasteiger partial charge in [-0.05, 0) is 24.7 Å². The Morgan fingerprint density at radius 1 is 1.35 bits per heavy atom. The van der Waals surface area contributed by atoms with Crippen LogP contribution in [0.2, 0.25) is 0 Å². The highest BCUT2D eigenvalue weighted by molar-refractivity contribution is 5.00. The minimum Gasteiger partial charge on any atom is -0.446 e. The van der Waals surface area contributed by atoms with Crippen molar-refractivity contribution >= 4 is 0 Å². The maximum absolute atomic E-state index is 5.77. The Hall–Kier alpha value is -0.830. The topological polar surface area (TPSA) is 35.3 Å². The van der Waals surface area contributed by atoms with Gasteiger partial charge in [0.25, 0.3) is 0 Å². The van der Waals surface area contributed by atoms with Crippen molar-refractivity contribution in [3.8, 4) is 0 Å². The second-order valence-corrected chi connectivity index (χ2v) is 5.37. The Balaban J connectivity index is 2.79. The number of nitrogens with zero attached hydrogens (tertiary/aromatic N) is 1. The molecule has 1 atom stereocenters. The van der Waals surface area contributed by atoms with Crippen LogP contribution in [0, 0.1) is 11.8 Å². The summed E-state index contributed by atoms with van der Waals surface area (Å²) in [6.45, 7) is 8.80. The van der Waals surface area contributed by atoms with Crippen LogP contribution in [0.1, 0.15) is 52.8 Å². The van der Waals surface area contributed by atoms with Gasteiger partial charge >= 0.3 is 0 Å². The minimum atomic E-state index is -0.377. The van der Waals surface area contributed by atoms with Crippen LogP contribution in [-0.2, 0) is 10.3 Å². The first-order valence-electron chi connectivity index (χ1n) is 6.48. The monoisotopic (exact) mass is 239 g/mol. The second kappa shape index (κ2) is 6.20.